The molecule has 0 radical (unpaired) electrons. The van der Waals surface area contributed by atoms with Gasteiger partial charge in [0.2, 0.25) is 0 Å². The van der Waals surface area contributed by atoms with Crippen molar-refractivity contribution in [3.8, 4) is 0 Å². The molecule has 21 heavy (non-hydrogen) atoms. The van der Waals surface area contributed by atoms with Crippen LogP contribution in [0.1, 0.15) is 6.42 Å². The van der Waals surface area contributed by atoms with Gasteiger partial charge in [0.1, 0.15) is 12.1 Å². The van der Waals surface area contributed by atoms with Crippen molar-refractivity contribution in [2.45, 2.75) is 6.42 Å². The van der Waals surface area contributed by atoms with E-state index in [1.165, 1.54) is 0 Å². The molecule has 2 rings (SSSR count). The van der Waals surface area contributed by atoms with Crippen molar-refractivity contribution >= 4 is 22.4 Å². The van der Waals surface area contributed by atoms with Gasteiger partial charge in [0.25, 0.3) is 0 Å². The maximum Gasteiger partial charge on any atom is 0.139 e. The number of aromatic nitrogens is 2. The molecule has 6 heteroatoms. The number of nitrogen functional groups attached to an aromatic ring is 1. The van der Waals surface area contributed by atoms with Crippen LogP contribution in [0.25, 0.3) is 10.9 Å². The Bertz CT molecular complexity index is 577. The van der Waals surface area contributed by atoms with Crippen molar-refractivity contribution in [1.29, 1.82) is 0 Å². The van der Waals surface area contributed by atoms with Gasteiger partial charge in [0.15, 0.2) is 0 Å². The first kappa shape index (κ1) is 15.5. The smallest absolute Gasteiger partial charge is 0.139 e. The van der Waals surface area contributed by atoms with Crippen molar-refractivity contribution in [2.24, 2.45) is 0 Å². The van der Waals surface area contributed by atoms with E-state index in [-0.39, 0.29) is 0 Å². The monoisotopic (exact) mass is 290 g/mol. The van der Waals surface area contributed by atoms with Gasteiger partial charge >= 0.3 is 0 Å². The number of hydrogen-bond donors (Lipinski definition) is 1. The molecule has 0 unspecified atom stereocenters. The van der Waals surface area contributed by atoms with Gasteiger partial charge in [-0.2, -0.15) is 0 Å². The van der Waals surface area contributed by atoms with Crippen LogP contribution in [0, 0.1) is 0 Å². The predicted molar refractivity (Wildman–Crippen MR) is 84.5 cm³/mol. The number of hydrogen-bond acceptors (Lipinski definition) is 6. The van der Waals surface area contributed by atoms with Crippen LogP contribution in [-0.2, 0) is 9.47 Å². The molecule has 0 saturated carbocycles. The number of ether oxygens (including phenoxy) is 2. The highest BCUT2D eigenvalue weighted by molar-refractivity contribution is 5.91. The van der Waals surface area contributed by atoms with E-state index in [2.05, 4.69) is 14.9 Å². The Labute approximate surface area is 124 Å². The van der Waals surface area contributed by atoms with Crippen LogP contribution in [0.4, 0.5) is 11.5 Å². The fourth-order valence-corrected chi connectivity index (χ4v) is 2.24. The van der Waals surface area contributed by atoms with Gasteiger partial charge in [-0.15, -0.1) is 0 Å². The Kier molecular flexibility index (Phi) is 5.71. The van der Waals surface area contributed by atoms with Crippen LogP contribution in [0.2, 0.25) is 0 Å². The molecule has 2 aromatic rings. The van der Waals surface area contributed by atoms with Crippen molar-refractivity contribution in [1.82, 2.24) is 9.97 Å². The maximum absolute atomic E-state index is 5.82. The molecule has 1 aromatic heterocycles. The summed E-state index contributed by atoms with van der Waals surface area (Å²) in [5.41, 5.74) is 7.38. The molecule has 0 atom stereocenters. The van der Waals surface area contributed by atoms with E-state index in [9.17, 15) is 0 Å². The van der Waals surface area contributed by atoms with E-state index in [1.54, 1.807) is 20.5 Å². The summed E-state index contributed by atoms with van der Waals surface area (Å²) in [7, 11) is 3.41. The first-order chi connectivity index (χ1) is 10.3. The Balaban J connectivity index is 2.29. The van der Waals surface area contributed by atoms with Crippen LogP contribution in [0.15, 0.2) is 24.5 Å². The van der Waals surface area contributed by atoms with Gasteiger partial charge in [-0.25, -0.2) is 9.97 Å². The Morgan fingerprint density at radius 2 is 1.90 bits per heavy atom. The first-order valence-electron chi connectivity index (χ1n) is 6.99. The highest BCUT2D eigenvalue weighted by Crippen LogP contribution is 2.24. The number of anilines is 2. The molecule has 0 aliphatic carbocycles. The van der Waals surface area contributed by atoms with Crippen molar-refractivity contribution < 1.29 is 9.47 Å². The lowest BCUT2D eigenvalue weighted by Gasteiger charge is -2.24. The molecule has 1 heterocycles. The number of nitrogens with two attached hydrogens (primary N) is 1. The molecule has 6 nitrogen and oxygen atoms in total. The number of rotatable bonds is 8. The second-order valence-electron chi connectivity index (χ2n) is 4.80. The minimum absolute atomic E-state index is 0.646. The molecule has 0 saturated heterocycles. The maximum atomic E-state index is 5.82. The van der Waals surface area contributed by atoms with E-state index in [1.807, 2.05) is 18.2 Å². The molecular formula is C15H22N4O2. The Hall–Kier alpha value is -1.92. The molecule has 0 aliphatic heterocycles. The predicted octanol–water partition coefficient (Wildman–Crippen LogP) is 1.70. The largest absolute Gasteiger partial charge is 0.399 e. The summed E-state index contributed by atoms with van der Waals surface area (Å²) in [4.78, 5) is 10.9. The zero-order chi connectivity index (χ0) is 15.1. The lowest BCUT2D eigenvalue weighted by Crippen LogP contribution is -2.30. The third-order valence-electron chi connectivity index (χ3n) is 3.28. The van der Waals surface area contributed by atoms with Gasteiger partial charge in [-0.05, 0) is 24.6 Å². The number of nitrogens with zero attached hydrogens (tertiary/aromatic N) is 3. The van der Waals surface area contributed by atoms with Gasteiger partial charge in [0, 0.05) is 45.0 Å². The summed E-state index contributed by atoms with van der Waals surface area (Å²) >= 11 is 0. The summed E-state index contributed by atoms with van der Waals surface area (Å²) in [5.74, 6) is 0.910. The van der Waals surface area contributed by atoms with Crippen LogP contribution >= 0.6 is 0 Å². The van der Waals surface area contributed by atoms with Gasteiger partial charge in [0.05, 0.1) is 12.1 Å². The van der Waals surface area contributed by atoms with E-state index >= 15 is 0 Å². The van der Waals surface area contributed by atoms with Crippen LogP contribution < -0.4 is 10.6 Å². The molecule has 114 valence electrons. The summed E-state index contributed by atoms with van der Waals surface area (Å²) in [6.07, 6.45) is 2.51. The van der Waals surface area contributed by atoms with E-state index in [0.29, 0.717) is 12.3 Å². The lowest BCUT2D eigenvalue weighted by molar-refractivity contribution is 0.191. The molecule has 1 aromatic carbocycles. The molecule has 0 fully saturated rings. The second-order valence-corrected chi connectivity index (χ2v) is 4.80. The van der Waals surface area contributed by atoms with Crippen LogP contribution in [0.3, 0.4) is 0 Å². The number of benzene rings is 1. The summed E-state index contributed by atoms with van der Waals surface area (Å²) in [5, 5.41) is 1.00. The zero-order valence-electron chi connectivity index (χ0n) is 12.6. The van der Waals surface area contributed by atoms with Crippen LogP contribution in [-0.4, -0.2) is 50.5 Å². The third-order valence-corrected chi connectivity index (χ3v) is 3.28. The van der Waals surface area contributed by atoms with E-state index in [0.717, 1.165) is 42.8 Å². The molecule has 0 aliphatic rings. The average Bonchev–Trinajstić information content (AvgIpc) is 2.50. The standard InChI is InChI=1S/C15H22N4O2/c1-20-8-3-6-19(7-9-21-2)15-13-5-4-12(16)10-14(13)17-11-18-15/h4-5,10-11H,3,6-9,16H2,1-2H3. The highest BCUT2D eigenvalue weighted by Gasteiger charge is 2.12. The minimum atomic E-state index is 0.646. The van der Waals surface area contributed by atoms with E-state index in [4.69, 9.17) is 15.2 Å². The van der Waals surface area contributed by atoms with Crippen LogP contribution in [0.5, 0.6) is 0 Å². The summed E-state index contributed by atoms with van der Waals surface area (Å²) in [6.45, 7) is 3.00. The quantitative estimate of drug-likeness (QED) is 0.589. The number of fused-ring (bicyclic) bond motifs is 1. The normalized spacial score (nSPS) is 11.0. The molecule has 2 N–H and O–H groups in total. The van der Waals surface area contributed by atoms with Crippen molar-refractivity contribution in [3.05, 3.63) is 24.5 Å². The molecular weight excluding hydrogens is 268 g/mol. The SMILES string of the molecule is COCCCN(CCOC)c1ncnc2cc(N)ccc12. The summed E-state index contributed by atoms with van der Waals surface area (Å²) in [6, 6.07) is 5.71. The number of methoxy groups -OCH3 is 2. The van der Waals surface area contributed by atoms with Gasteiger partial charge in [-0.3, -0.25) is 0 Å². The second kappa shape index (κ2) is 7.75. The Morgan fingerprint density at radius 3 is 2.67 bits per heavy atom. The van der Waals surface area contributed by atoms with Gasteiger partial charge in [-0.1, -0.05) is 0 Å². The Morgan fingerprint density at radius 1 is 1.10 bits per heavy atom. The molecule has 0 bridgehead atoms. The van der Waals surface area contributed by atoms with E-state index < -0.39 is 0 Å². The lowest BCUT2D eigenvalue weighted by atomic mass is 10.2. The van der Waals surface area contributed by atoms with Gasteiger partial charge < -0.3 is 20.1 Å². The van der Waals surface area contributed by atoms with Crippen molar-refractivity contribution in [2.75, 3.05) is 51.2 Å². The minimum Gasteiger partial charge on any atom is -0.399 e. The molecule has 0 spiro atoms. The average molecular weight is 290 g/mol. The topological polar surface area (TPSA) is 73.5 Å². The zero-order valence-corrected chi connectivity index (χ0v) is 12.6. The summed E-state index contributed by atoms with van der Waals surface area (Å²) < 4.78 is 10.3. The third kappa shape index (κ3) is 4.03. The molecule has 0 amide bonds. The van der Waals surface area contributed by atoms with Crippen molar-refractivity contribution in [3.63, 3.8) is 0 Å². The highest BCUT2D eigenvalue weighted by atomic mass is 16.5. The fourth-order valence-electron chi connectivity index (χ4n) is 2.24. The fraction of sp³-hybridized carbons (Fsp3) is 0.467. The first-order valence-corrected chi connectivity index (χ1v) is 6.99.